The highest BCUT2D eigenvalue weighted by atomic mass is 16.2. The van der Waals surface area contributed by atoms with Crippen LogP contribution in [-0.2, 0) is 4.79 Å². The first-order chi connectivity index (χ1) is 8.25. The van der Waals surface area contributed by atoms with Crippen LogP contribution in [0.15, 0.2) is 24.3 Å². The van der Waals surface area contributed by atoms with Gasteiger partial charge in [0.05, 0.1) is 5.56 Å². The molecule has 0 unspecified atom stereocenters. The van der Waals surface area contributed by atoms with Crippen molar-refractivity contribution < 1.29 is 9.59 Å². The second-order valence-corrected chi connectivity index (χ2v) is 4.86. The minimum Gasteiger partial charge on any atom is -0.371 e. The molecule has 0 aliphatic heterocycles. The van der Waals surface area contributed by atoms with E-state index in [-0.39, 0.29) is 5.91 Å². The van der Waals surface area contributed by atoms with Crippen LogP contribution >= 0.6 is 0 Å². The molecular formula is C13H19N3O2. The average Bonchev–Trinajstić information content (AvgIpc) is 2.28. The van der Waals surface area contributed by atoms with E-state index in [1.807, 2.05) is 0 Å². The van der Waals surface area contributed by atoms with E-state index in [0.29, 0.717) is 11.3 Å². The second kappa shape index (κ2) is 5.08. The number of rotatable bonds is 4. The highest BCUT2D eigenvalue weighted by molar-refractivity contribution is 6.00. The van der Waals surface area contributed by atoms with Gasteiger partial charge in [0.25, 0.3) is 5.91 Å². The fourth-order valence-corrected chi connectivity index (χ4v) is 1.42. The Morgan fingerprint density at radius 3 is 2.28 bits per heavy atom. The van der Waals surface area contributed by atoms with Crippen molar-refractivity contribution in [2.75, 3.05) is 19.4 Å². The fraction of sp³-hybridized carbons (Fsp3) is 0.385. The van der Waals surface area contributed by atoms with Crippen molar-refractivity contribution >= 4 is 17.5 Å². The quantitative estimate of drug-likeness (QED) is 0.838. The molecular weight excluding hydrogens is 230 g/mol. The number of para-hydroxylation sites is 1. The third-order valence-electron chi connectivity index (χ3n) is 2.63. The molecule has 0 bridgehead atoms. The SMILES string of the molecule is CN(C)C(=O)c1ccccc1NC(C)(C)C(N)=O. The Bertz CT molecular complexity index is 467. The minimum atomic E-state index is -0.914. The van der Waals surface area contributed by atoms with Gasteiger partial charge < -0.3 is 16.0 Å². The molecule has 1 aromatic carbocycles. The van der Waals surface area contributed by atoms with E-state index >= 15 is 0 Å². The number of amides is 2. The van der Waals surface area contributed by atoms with Gasteiger partial charge in [-0.25, -0.2) is 0 Å². The van der Waals surface area contributed by atoms with E-state index in [0.717, 1.165) is 0 Å². The van der Waals surface area contributed by atoms with E-state index in [9.17, 15) is 9.59 Å². The molecule has 18 heavy (non-hydrogen) atoms. The number of carbonyl (C=O) groups is 2. The molecule has 0 fully saturated rings. The summed E-state index contributed by atoms with van der Waals surface area (Å²) in [5.41, 5.74) is 5.50. The number of nitrogens with one attached hydrogen (secondary N) is 1. The molecule has 98 valence electrons. The van der Waals surface area contributed by atoms with Gasteiger partial charge in [-0.1, -0.05) is 12.1 Å². The molecule has 3 N–H and O–H groups in total. The standard InChI is InChI=1S/C13H19N3O2/c1-13(2,12(14)18)15-10-8-6-5-7-9(10)11(17)16(3)4/h5-8,15H,1-4H3,(H2,14,18). The van der Waals surface area contributed by atoms with Crippen LogP contribution in [0, 0.1) is 0 Å². The van der Waals surface area contributed by atoms with Crippen LogP contribution in [0.5, 0.6) is 0 Å². The van der Waals surface area contributed by atoms with Crippen LogP contribution in [0.1, 0.15) is 24.2 Å². The average molecular weight is 249 g/mol. The lowest BCUT2D eigenvalue weighted by molar-refractivity contribution is -0.121. The second-order valence-electron chi connectivity index (χ2n) is 4.86. The van der Waals surface area contributed by atoms with Crippen molar-refractivity contribution in [2.24, 2.45) is 5.73 Å². The van der Waals surface area contributed by atoms with Crippen LogP contribution < -0.4 is 11.1 Å². The number of nitrogens with zero attached hydrogens (tertiary/aromatic N) is 1. The molecule has 0 radical (unpaired) electrons. The highest BCUT2D eigenvalue weighted by Gasteiger charge is 2.26. The number of anilines is 1. The summed E-state index contributed by atoms with van der Waals surface area (Å²) in [6.45, 7) is 3.35. The summed E-state index contributed by atoms with van der Waals surface area (Å²) < 4.78 is 0. The van der Waals surface area contributed by atoms with Gasteiger partial charge in [-0.05, 0) is 26.0 Å². The van der Waals surface area contributed by atoms with Crippen LogP contribution in [0.2, 0.25) is 0 Å². The van der Waals surface area contributed by atoms with Crippen molar-refractivity contribution in [1.82, 2.24) is 4.90 Å². The van der Waals surface area contributed by atoms with Gasteiger partial charge in [0.15, 0.2) is 0 Å². The summed E-state index contributed by atoms with van der Waals surface area (Å²) in [5.74, 6) is -0.604. The third-order valence-corrected chi connectivity index (χ3v) is 2.63. The van der Waals surface area contributed by atoms with Gasteiger partial charge in [0, 0.05) is 19.8 Å². The summed E-state index contributed by atoms with van der Waals surface area (Å²) in [7, 11) is 3.36. The fourth-order valence-electron chi connectivity index (χ4n) is 1.42. The van der Waals surface area contributed by atoms with Crippen molar-refractivity contribution in [2.45, 2.75) is 19.4 Å². The van der Waals surface area contributed by atoms with Crippen LogP contribution in [-0.4, -0.2) is 36.3 Å². The van der Waals surface area contributed by atoms with Crippen molar-refractivity contribution in [3.05, 3.63) is 29.8 Å². The molecule has 0 saturated heterocycles. The number of hydrogen-bond acceptors (Lipinski definition) is 3. The van der Waals surface area contributed by atoms with Gasteiger partial charge in [-0.3, -0.25) is 9.59 Å². The van der Waals surface area contributed by atoms with E-state index in [1.165, 1.54) is 4.90 Å². The molecule has 0 spiro atoms. The number of hydrogen-bond donors (Lipinski definition) is 2. The Balaban J connectivity index is 3.11. The van der Waals surface area contributed by atoms with Crippen LogP contribution in [0.25, 0.3) is 0 Å². The third kappa shape index (κ3) is 3.00. The van der Waals surface area contributed by atoms with Crippen molar-refractivity contribution in [3.8, 4) is 0 Å². The summed E-state index contributed by atoms with van der Waals surface area (Å²) in [6.07, 6.45) is 0. The van der Waals surface area contributed by atoms with Crippen LogP contribution in [0.4, 0.5) is 5.69 Å². The molecule has 0 aliphatic carbocycles. The number of primary amides is 1. The molecule has 0 aromatic heterocycles. The summed E-state index contributed by atoms with van der Waals surface area (Å²) >= 11 is 0. The van der Waals surface area contributed by atoms with E-state index in [2.05, 4.69) is 5.32 Å². The number of benzene rings is 1. The topological polar surface area (TPSA) is 75.4 Å². The van der Waals surface area contributed by atoms with Gasteiger partial charge in [0.2, 0.25) is 5.91 Å². The maximum absolute atomic E-state index is 12.0. The largest absolute Gasteiger partial charge is 0.371 e. The lowest BCUT2D eigenvalue weighted by Gasteiger charge is -2.25. The molecule has 0 aliphatic rings. The Hall–Kier alpha value is -2.04. The van der Waals surface area contributed by atoms with Gasteiger partial charge in [-0.15, -0.1) is 0 Å². The molecule has 5 heteroatoms. The summed E-state index contributed by atoms with van der Waals surface area (Å²) in [6, 6.07) is 7.04. The molecule has 1 rings (SSSR count). The van der Waals surface area contributed by atoms with E-state index in [4.69, 9.17) is 5.73 Å². The Labute approximate surface area is 107 Å². The first-order valence-corrected chi connectivity index (χ1v) is 5.64. The summed E-state index contributed by atoms with van der Waals surface area (Å²) in [4.78, 5) is 24.8. The smallest absolute Gasteiger partial charge is 0.255 e. The van der Waals surface area contributed by atoms with Gasteiger partial charge in [-0.2, -0.15) is 0 Å². The van der Waals surface area contributed by atoms with Crippen molar-refractivity contribution in [3.63, 3.8) is 0 Å². The monoisotopic (exact) mass is 249 g/mol. The Morgan fingerprint density at radius 2 is 1.78 bits per heavy atom. The molecule has 1 aromatic rings. The minimum absolute atomic E-state index is 0.127. The molecule has 0 atom stereocenters. The zero-order valence-electron chi connectivity index (χ0n) is 11.2. The summed E-state index contributed by atoms with van der Waals surface area (Å²) in [5, 5.41) is 3.00. The maximum Gasteiger partial charge on any atom is 0.255 e. The molecule has 0 heterocycles. The zero-order valence-corrected chi connectivity index (χ0v) is 11.2. The first-order valence-electron chi connectivity index (χ1n) is 5.64. The molecule has 0 saturated carbocycles. The van der Waals surface area contributed by atoms with Gasteiger partial charge in [0.1, 0.15) is 5.54 Å². The number of carbonyl (C=O) groups excluding carboxylic acids is 2. The van der Waals surface area contributed by atoms with Crippen LogP contribution in [0.3, 0.4) is 0 Å². The predicted molar refractivity (Wildman–Crippen MR) is 71.4 cm³/mol. The Morgan fingerprint density at radius 1 is 1.22 bits per heavy atom. The lowest BCUT2D eigenvalue weighted by Crippen LogP contribution is -2.45. The van der Waals surface area contributed by atoms with E-state index < -0.39 is 11.4 Å². The molecule has 5 nitrogen and oxygen atoms in total. The highest BCUT2D eigenvalue weighted by Crippen LogP contribution is 2.20. The van der Waals surface area contributed by atoms with E-state index in [1.54, 1.807) is 52.2 Å². The Kier molecular flexibility index (Phi) is 3.96. The molecule has 2 amide bonds. The zero-order chi connectivity index (χ0) is 13.9. The van der Waals surface area contributed by atoms with Gasteiger partial charge >= 0.3 is 0 Å². The normalized spacial score (nSPS) is 10.9. The first kappa shape index (κ1) is 14.0. The lowest BCUT2D eigenvalue weighted by atomic mass is 10.0. The van der Waals surface area contributed by atoms with Crippen molar-refractivity contribution in [1.29, 1.82) is 0 Å². The predicted octanol–water partition coefficient (Wildman–Crippen LogP) is 1.06. The number of nitrogens with two attached hydrogens (primary N) is 1. The maximum atomic E-state index is 12.0.